The highest BCUT2D eigenvalue weighted by Gasteiger charge is 2.23. The summed E-state index contributed by atoms with van der Waals surface area (Å²) in [5.74, 6) is 0.641. The summed E-state index contributed by atoms with van der Waals surface area (Å²) in [6, 6.07) is 20.2. The number of para-hydroxylation sites is 1. The maximum atomic E-state index is 13.0. The zero-order chi connectivity index (χ0) is 27.9. The van der Waals surface area contributed by atoms with Crippen molar-refractivity contribution in [2.45, 2.75) is 26.2 Å². The minimum Gasteiger partial charge on any atom is -0.389 e. The number of nitrogens with one attached hydrogen (secondary N) is 2. The van der Waals surface area contributed by atoms with Crippen LogP contribution < -0.4 is 20.3 Å². The molecule has 10 heteroatoms. The van der Waals surface area contributed by atoms with Crippen LogP contribution in [0.4, 0.5) is 16.3 Å². The molecule has 0 saturated carbocycles. The van der Waals surface area contributed by atoms with E-state index >= 15 is 0 Å². The predicted molar refractivity (Wildman–Crippen MR) is 156 cm³/mol. The van der Waals surface area contributed by atoms with Crippen molar-refractivity contribution in [2.75, 3.05) is 29.9 Å². The van der Waals surface area contributed by atoms with Crippen molar-refractivity contribution in [1.29, 1.82) is 0 Å². The first-order chi connectivity index (χ1) is 19.5. The number of anilines is 2. The fraction of sp³-hybridized carbons (Fsp3) is 0.267. The Labute approximate surface area is 238 Å². The summed E-state index contributed by atoms with van der Waals surface area (Å²) in [7, 11) is 0. The molecule has 0 bridgehead atoms. The Kier molecular flexibility index (Phi) is 8.61. The molecule has 2 aromatic heterocycles. The van der Waals surface area contributed by atoms with Crippen molar-refractivity contribution in [2.24, 2.45) is 5.92 Å². The van der Waals surface area contributed by atoms with Gasteiger partial charge in [-0.15, -0.1) is 5.10 Å². The smallest absolute Gasteiger partial charge is 0.389 e. The molecule has 0 spiro atoms. The molecule has 9 nitrogen and oxygen atoms in total. The minimum atomic E-state index is -0.584. The number of benzene rings is 2. The molecule has 1 fully saturated rings. The Morgan fingerprint density at radius 3 is 2.40 bits per heavy atom. The van der Waals surface area contributed by atoms with Gasteiger partial charge in [-0.05, 0) is 68.5 Å². The highest BCUT2D eigenvalue weighted by Crippen LogP contribution is 2.30. The van der Waals surface area contributed by atoms with Crippen molar-refractivity contribution >= 4 is 35.1 Å². The molecule has 0 atom stereocenters. The number of carbonyl (C=O) groups is 2. The van der Waals surface area contributed by atoms with Gasteiger partial charge < -0.3 is 20.3 Å². The second kappa shape index (κ2) is 12.7. The lowest BCUT2D eigenvalue weighted by Gasteiger charge is -2.33. The number of nitrogens with zero attached hydrogens (tertiary/aromatic N) is 4. The van der Waals surface area contributed by atoms with Gasteiger partial charge in [0.25, 0.3) is 5.91 Å². The van der Waals surface area contributed by atoms with Gasteiger partial charge in [0.1, 0.15) is 5.82 Å². The van der Waals surface area contributed by atoms with Crippen LogP contribution in [0.25, 0.3) is 5.69 Å². The number of aromatic nitrogens is 3. The Morgan fingerprint density at radius 1 is 0.975 bits per heavy atom. The molecule has 1 aliphatic heterocycles. The van der Waals surface area contributed by atoms with Crippen molar-refractivity contribution < 1.29 is 14.3 Å². The van der Waals surface area contributed by atoms with Crippen molar-refractivity contribution in [1.82, 2.24) is 20.1 Å². The van der Waals surface area contributed by atoms with E-state index in [1.807, 2.05) is 54.9 Å². The lowest BCUT2D eigenvalue weighted by Crippen LogP contribution is -2.35. The summed E-state index contributed by atoms with van der Waals surface area (Å²) >= 11 is 6.23. The van der Waals surface area contributed by atoms with Gasteiger partial charge in [0.2, 0.25) is 5.88 Å². The summed E-state index contributed by atoms with van der Waals surface area (Å²) in [6.07, 6.45) is 6.05. The summed E-state index contributed by atoms with van der Waals surface area (Å²) in [4.78, 5) is 32.2. The molecule has 40 heavy (non-hydrogen) atoms. The molecular formula is C30H31ClN6O3. The normalized spacial score (nSPS) is 13.6. The van der Waals surface area contributed by atoms with Gasteiger partial charge in [-0.25, -0.2) is 9.48 Å². The van der Waals surface area contributed by atoms with Gasteiger partial charge in [0.15, 0.2) is 0 Å². The number of piperidine rings is 1. The van der Waals surface area contributed by atoms with Crippen molar-refractivity contribution in [3.05, 3.63) is 95.3 Å². The zero-order valence-corrected chi connectivity index (χ0v) is 23.0. The molecule has 1 aliphatic rings. The molecule has 2 aromatic carbocycles. The summed E-state index contributed by atoms with van der Waals surface area (Å²) in [6.45, 7) is 4.22. The molecule has 2 amide bonds. The average molecular weight is 559 g/mol. The van der Waals surface area contributed by atoms with Crippen LogP contribution in [0.2, 0.25) is 5.02 Å². The highest BCUT2D eigenvalue weighted by atomic mass is 35.5. The molecule has 2 N–H and O–H groups in total. The highest BCUT2D eigenvalue weighted by molar-refractivity contribution is 6.34. The second-order valence-electron chi connectivity index (χ2n) is 9.70. The van der Waals surface area contributed by atoms with E-state index < -0.39 is 12.0 Å². The van der Waals surface area contributed by atoms with Crippen LogP contribution in [0, 0.1) is 12.8 Å². The van der Waals surface area contributed by atoms with Gasteiger partial charge in [-0.2, -0.15) is 0 Å². The Morgan fingerprint density at radius 2 is 1.68 bits per heavy atom. The Bertz CT molecular complexity index is 1450. The van der Waals surface area contributed by atoms with Crippen LogP contribution in [0.5, 0.6) is 5.88 Å². The first-order valence-corrected chi connectivity index (χ1v) is 13.7. The van der Waals surface area contributed by atoms with Gasteiger partial charge in [-0.3, -0.25) is 9.78 Å². The standard InChI is InChI=1S/C30H31ClN6O3/c1-21-27(34-28(38)25-9-5-6-10-26(25)31)37(24-7-3-2-4-8-24)35-29(21)40-30(39)33-18-11-22-14-19-36(20-15-22)23-12-16-32-17-13-23/h2-10,12-13,16-17,22H,11,14-15,18-20H2,1H3,(H,33,39)(H,34,38). The van der Waals surface area contributed by atoms with Crippen molar-refractivity contribution in [3.63, 3.8) is 0 Å². The first-order valence-electron chi connectivity index (χ1n) is 13.3. The van der Waals surface area contributed by atoms with E-state index in [4.69, 9.17) is 16.3 Å². The molecule has 5 rings (SSSR count). The van der Waals surface area contributed by atoms with Gasteiger partial charge >= 0.3 is 6.09 Å². The molecule has 1 saturated heterocycles. The number of rotatable bonds is 8. The van der Waals surface area contributed by atoms with E-state index in [9.17, 15) is 9.59 Å². The van der Waals surface area contributed by atoms with Crippen LogP contribution >= 0.6 is 11.6 Å². The number of amides is 2. The fourth-order valence-electron chi connectivity index (χ4n) is 4.83. The van der Waals surface area contributed by atoms with E-state index in [1.165, 1.54) is 5.69 Å². The molecule has 206 valence electrons. The number of pyridine rings is 1. The Hall–Kier alpha value is -4.37. The lowest BCUT2D eigenvalue weighted by molar-refractivity contribution is 0.102. The fourth-order valence-corrected chi connectivity index (χ4v) is 5.05. The summed E-state index contributed by atoms with van der Waals surface area (Å²) in [5, 5.41) is 10.6. The van der Waals surface area contributed by atoms with E-state index in [-0.39, 0.29) is 5.88 Å². The quantitative estimate of drug-likeness (QED) is 0.280. The molecule has 0 radical (unpaired) electrons. The predicted octanol–water partition coefficient (Wildman–Crippen LogP) is 5.88. The monoisotopic (exact) mass is 558 g/mol. The van der Waals surface area contributed by atoms with Crippen LogP contribution in [0.3, 0.4) is 0 Å². The van der Waals surface area contributed by atoms with E-state index in [0.717, 1.165) is 32.4 Å². The maximum Gasteiger partial charge on any atom is 0.414 e. The van der Waals surface area contributed by atoms with Gasteiger partial charge in [0.05, 0.1) is 21.8 Å². The zero-order valence-electron chi connectivity index (χ0n) is 22.2. The number of hydrogen-bond donors (Lipinski definition) is 2. The number of halogens is 1. The maximum absolute atomic E-state index is 13.0. The molecule has 0 unspecified atom stereocenters. The summed E-state index contributed by atoms with van der Waals surface area (Å²) < 4.78 is 7.13. The molecule has 0 aliphatic carbocycles. The third kappa shape index (κ3) is 6.43. The SMILES string of the molecule is Cc1c(OC(=O)NCCC2CCN(c3ccncc3)CC2)nn(-c2ccccc2)c1NC(=O)c1ccccc1Cl. The van der Waals surface area contributed by atoms with E-state index in [1.54, 1.807) is 35.9 Å². The van der Waals surface area contributed by atoms with Crippen molar-refractivity contribution in [3.8, 4) is 11.6 Å². The minimum absolute atomic E-state index is 0.112. The summed E-state index contributed by atoms with van der Waals surface area (Å²) in [5.41, 5.74) is 2.75. The van der Waals surface area contributed by atoms with E-state index in [2.05, 4.69) is 25.6 Å². The van der Waals surface area contributed by atoms with Crippen LogP contribution in [0.1, 0.15) is 35.2 Å². The third-order valence-corrected chi connectivity index (χ3v) is 7.41. The molecule has 3 heterocycles. The largest absolute Gasteiger partial charge is 0.414 e. The third-order valence-electron chi connectivity index (χ3n) is 7.08. The van der Waals surface area contributed by atoms with Gasteiger partial charge in [0, 0.05) is 37.7 Å². The lowest BCUT2D eigenvalue weighted by atomic mass is 9.93. The number of hydrogen-bond acceptors (Lipinski definition) is 6. The Balaban J connectivity index is 1.20. The van der Waals surface area contributed by atoms with E-state index in [0.29, 0.717) is 40.1 Å². The molecule has 4 aromatic rings. The van der Waals surface area contributed by atoms with Crippen LogP contribution in [0.15, 0.2) is 79.1 Å². The van der Waals surface area contributed by atoms with Crippen LogP contribution in [-0.4, -0.2) is 46.4 Å². The molecular weight excluding hydrogens is 528 g/mol. The van der Waals surface area contributed by atoms with Crippen LogP contribution in [-0.2, 0) is 0 Å². The first kappa shape index (κ1) is 27.2. The average Bonchev–Trinajstić information content (AvgIpc) is 3.28. The number of ether oxygens (including phenoxy) is 1. The topological polar surface area (TPSA) is 101 Å². The second-order valence-corrected chi connectivity index (χ2v) is 10.1. The van der Waals surface area contributed by atoms with Gasteiger partial charge in [-0.1, -0.05) is 41.9 Å². The number of carbonyl (C=O) groups excluding carboxylic acids is 2.